The first-order chi connectivity index (χ1) is 11.2. The van der Waals surface area contributed by atoms with Crippen LogP contribution >= 0.6 is 11.3 Å². The van der Waals surface area contributed by atoms with Gasteiger partial charge in [-0.05, 0) is 25.5 Å². The zero-order valence-electron chi connectivity index (χ0n) is 13.2. The topological polar surface area (TPSA) is 58.0 Å². The molecule has 0 amide bonds. The number of hydrogen-bond acceptors (Lipinski definition) is 7. The third kappa shape index (κ3) is 2.72. The Morgan fingerprint density at radius 2 is 1.61 bits per heavy atom. The number of fused-ring (bicyclic) bond motifs is 1. The lowest BCUT2D eigenvalue weighted by Crippen LogP contribution is -2.47. The van der Waals surface area contributed by atoms with Gasteiger partial charge >= 0.3 is 0 Å². The Hall–Kier alpha value is -2.28. The van der Waals surface area contributed by atoms with Crippen LogP contribution in [0.3, 0.4) is 0 Å². The van der Waals surface area contributed by atoms with Crippen LogP contribution in [0.4, 0.5) is 11.8 Å². The molecule has 3 aromatic rings. The molecule has 4 rings (SSSR count). The normalized spacial score (nSPS) is 15.4. The van der Waals surface area contributed by atoms with Gasteiger partial charge in [0.2, 0.25) is 5.95 Å². The third-order valence-electron chi connectivity index (χ3n) is 4.06. The minimum atomic E-state index is 0.814. The number of hydrogen-bond donors (Lipinski definition) is 0. The summed E-state index contributed by atoms with van der Waals surface area (Å²) in [5.74, 6) is 1.86. The molecule has 0 N–H and O–H groups in total. The minimum absolute atomic E-state index is 0.814. The SMILES string of the molecule is Cc1cnc(N2CCN(c3ncnc4sc(C)cc34)CC2)nc1. The van der Waals surface area contributed by atoms with Crippen LogP contribution in [0.15, 0.2) is 24.8 Å². The van der Waals surface area contributed by atoms with Crippen LogP contribution in [0.5, 0.6) is 0 Å². The van der Waals surface area contributed by atoms with Gasteiger partial charge < -0.3 is 9.80 Å². The standard InChI is InChI=1S/C16H18N6S/c1-11-8-17-16(18-9-11)22-5-3-21(4-6-22)14-13-7-12(2)23-15(13)20-10-19-14/h7-10H,3-6H2,1-2H3. The predicted octanol–water partition coefficient (Wildman–Crippen LogP) is 2.42. The monoisotopic (exact) mass is 326 g/mol. The second kappa shape index (κ2) is 5.73. The Bertz CT molecular complexity index is 820. The van der Waals surface area contributed by atoms with Crippen molar-refractivity contribution in [3.05, 3.63) is 35.2 Å². The summed E-state index contributed by atoms with van der Waals surface area (Å²) in [6.45, 7) is 7.75. The van der Waals surface area contributed by atoms with Crippen molar-refractivity contribution in [3.8, 4) is 0 Å². The lowest BCUT2D eigenvalue weighted by molar-refractivity contribution is 0.635. The van der Waals surface area contributed by atoms with E-state index in [1.165, 1.54) is 4.88 Å². The zero-order valence-corrected chi connectivity index (χ0v) is 14.0. The van der Waals surface area contributed by atoms with E-state index in [-0.39, 0.29) is 0 Å². The summed E-state index contributed by atoms with van der Waals surface area (Å²) >= 11 is 1.72. The van der Waals surface area contributed by atoms with Gasteiger partial charge in [-0.2, -0.15) is 0 Å². The lowest BCUT2D eigenvalue weighted by atomic mass is 10.2. The Balaban J connectivity index is 1.53. The molecular weight excluding hydrogens is 308 g/mol. The smallest absolute Gasteiger partial charge is 0.225 e. The van der Waals surface area contributed by atoms with Gasteiger partial charge in [-0.25, -0.2) is 19.9 Å². The molecule has 0 bridgehead atoms. The van der Waals surface area contributed by atoms with Crippen LogP contribution < -0.4 is 9.80 Å². The van der Waals surface area contributed by atoms with Crippen LogP contribution in [0.1, 0.15) is 10.4 Å². The van der Waals surface area contributed by atoms with Gasteiger partial charge in [0.05, 0.1) is 5.39 Å². The van der Waals surface area contributed by atoms with E-state index < -0.39 is 0 Å². The fraction of sp³-hybridized carbons (Fsp3) is 0.375. The van der Waals surface area contributed by atoms with Gasteiger partial charge in [0.25, 0.3) is 0 Å². The molecular formula is C16H18N6S. The molecule has 0 aromatic carbocycles. The van der Waals surface area contributed by atoms with E-state index in [1.807, 2.05) is 19.3 Å². The highest BCUT2D eigenvalue weighted by Gasteiger charge is 2.21. The number of aryl methyl sites for hydroxylation is 2. The maximum atomic E-state index is 4.52. The molecule has 4 heterocycles. The van der Waals surface area contributed by atoms with E-state index in [2.05, 4.69) is 42.7 Å². The van der Waals surface area contributed by atoms with Gasteiger partial charge in [-0.3, -0.25) is 0 Å². The molecule has 0 unspecified atom stereocenters. The van der Waals surface area contributed by atoms with Crippen molar-refractivity contribution in [2.24, 2.45) is 0 Å². The molecule has 0 aliphatic carbocycles. The van der Waals surface area contributed by atoms with E-state index in [1.54, 1.807) is 17.7 Å². The summed E-state index contributed by atoms with van der Waals surface area (Å²) in [6, 6.07) is 2.19. The Morgan fingerprint density at radius 1 is 0.913 bits per heavy atom. The summed E-state index contributed by atoms with van der Waals surface area (Å²) < 4.78 is 0. The second-order valence-corrected chi connectivity index (χ2v) is 7.04. The van der Waals surface area contributed by atoms with Crippen molar-refractivity contribution in [1.29, 1.82) is 0 Å². The third-order valence-corrected chi connectivity index (χ3v) is 5.02. The molecule has 1 saturated heterocycles. The Kier molecular flexibility index (Phi) is 3.57. The summed E-state index contributed by atoms with van der Waals surface area (Å²) in [6.07, 6.45) is 5.41. The largest absolute Gasteiger partial charge is 0.352 e. The Labute approximate surface area is 138 Å². The van der Waals surface area contributed by atoms with E-state index in [0.717, 1.165) is 53.7 Å². The highest BCUT2D eigenvalue weighted by atomic mass is 32.1. The van der Waals surface area contributed by atoms with Gasteiger partial charge in [0.1, 0.15) is 17.0 Å². The van der Waals surface area contributed by atoms with E-state index in [9.17, 15) is 0 Å². The maximum Gasteiger partial charge on any atom is 0.225 e. The van der Waals surface area contributed by atoms with Crippen molar-refractivity contribution in [1.82, 2.24) is 19.9 Å². The molecule has 0 radical (unpaired) electrons. The Morgan fingerprint density at radius 3 is 2.35 bits per heavy atom. The predicted molar refractivity (Wildman–Crippen MR) is 93.3 cm³/mol. The number of nitrogens with zero attached hydrogens (tertiary/aromatic N) is 6. The number of rotatable bonds is 2. The van der Waals surface area contributed by atoms with Crippen LogP contribution in [0.25, 0.3) is 10.2 Å². The number of piperazine rings is 1. The molecule has 23 heavy (non-hydrogen) atoms. The maximum absolute atomic E-state index is 4.52. The molecule has 118 valence electrons. The molecule has 6 nitrogen and oxygen atoms in total. The fourth-order valence-corrected chi connectivity index (χ4v) is 3.72. The summed E-state index contributed by atoms with van der Waals surface area (Å²) in [7, 11) is 0. The van der Waals surface area contributed by atoms with Crippen molar-refractivity contribution >= 4 is 33.3 Å². The minimum Gasteiger partial charge on any atom is -0.352 e. The first-order valence-electron chi connectivity index (χ1n) is 7.70. The number of thiophene rings is 1. The van der Waals surface area contributed by atoms with Gasteiger partial charge in [0.15, 0.2) is 0 Å². The number of aromatic nitrogens is 4. The molecule has 1 aliphatic rings. The van der Waals surface area contributed by atoms with Crippen molar-refractivity contribution in [2.45, 2.75) is 13.8 Å². The molecule has 1 fully saturated rings. The van der Waals surface area contributed by atoms with Crippen molar-refractivity contribution in [3.63, 3.8) is 0 Å². The zero-order chi connectivity index (χ0) is 15.8. The van der Waals surface area contributed by atoms with Gasteiger partial charge in [-0.15, -0.1) is 11.3 Å². The first-order valence-corrected chi connectivity index (χ1v) is 8.52. The number of anilines is 2. The molecule has 0 spiro atoms. The summed E-state index contributed by atoms with van der Waals surface area (Å²) in [5.41, 5.74) is 1.09. The van der Waals surface area contributed by atoms with Crippen LogP contribution in [-0.4, -0.2) is 46.1 Å². The highest BCUT2D eigenvalue weighted by molar-refractivity contribution is 7.18. The highest BCUT2D eigenvalue weighted by Crippen LogP contribution is 2.30. The van der Waals surface area contributed by atoms with Crippen LogP contribution in [-0.2, 0) is 0 Å². The fourth-order valence-electron chi connectivity index (χ4n) is 2.88. The molecule has 1 aliphatic heterocycles. The van der Waals surface area contributed by atoms with E-state index in [4.69, 9.17) is 0 Å². The van der Waals surface area contributed by atoms with E-state index in [0.29, 0.717) is 0 Å². The second-order valence-electron chi connectivity index (χ2n) is 5.81. The average Bonchev–Trinajstić information content (AvgIpc) is 2.96. The molecule has 0 saturated carbocycles. The lowest BCUT2D eigenvalue weighted by Gasteiger charge is -2.35. The first kappa shape index (κ1) is 14.3. The summed E-state index contributed by atoms with van der Waals surface area (Å²) in [4.78, 5) is 24.7. The van der Waals surface area contributed by atoms with Gasteiger partial charge in [0, 0.05) is 43.4 Å². The molecule has 7 heteroatoms. The van der Waals surface area contributed by atoms with Crippen molar-refractivity contribution < 1.29 is 0 Å². The average molecular weight is 326 g/mol. The van der Waals surface area contributed by atoms with Gasteiger partial charge in [-0.1, -0.05) is 0 Å². The van der Waals surface area contributed by atoms with Crippen molar-refractivity contribution in [2.75, 3.05) is 36.0 Å². The molecule has 3 aromatic heterocycles. The van der Waals surface area contributed by atoms with Crippen LogP contribution in [0.2, 0.25) is 0 Å². The molecule has 0 atom stereocenters. The van der Waals surface area contributed by atoms with E-state index >= 15 is 0 Å². The quantitative estimate of drug-likeness (QED) is 0.721. The summed E-state index contributed by atoms with van der Waals surface area (Å²) in [5, 5.41) is 1.16. The van der Waals surface area contributed by atoms with Crippen LogP contribution in [0, 0.1) is 13.8 Å².